The Kier molecular flexibility index (Phi) is 4.94. The van der Waals surface area contributed by atoms with Crippen LogP contribution < -0.4 is 0 Å². The summed E-state index contributed by atoms with van der Waals surface area (Å²) in [6.45, 7) is 0. The number of hydrogen-bond acceptors (Lipinski definition) is 0. The van der Waals surface area contributed by atoms with Gasteiger partial charge in [0.25, 0.3) is 0 Å². The second-order valence-electron chi connectivity index (χ2n) is 4.32. The van der Waals surface area contributed by atoms with E-state index in [0.29, 0.717) is 22.3 Å². The zero-order valence-corrected chi connectivity index (χ0v) is 12.4. The van der Waals surface area contributed by atoms with E-state index in [9.17, 15) is 8.78 Å². The van der Waals surface area contributed by atoms with Crippen molar-refractivity contribution in [1.29, 1.82) is 0 Å². The van der Waals surface area contributed by atoms with Gasteiger partial charge in [-0.2, -0.15) is 0 Å². The molecule has 0 radical (unpaired) electrons. The molecule has 1 unspecified atom stereocenters. The minimum absolute atomic E-state index is 0.0509. The third-order valence-electron chi connectivity index (χ3n) is 3.00. The van der Waals surface area contributed by atoms with Crippen molar-refractivity contribution in [2.24, 2.45) is 0 Å². The third-order valence-corrected chi connectivity index (χ3v) is 4.02. The summed E-state index contributed by atoms with van der Waals surface area (Å²) in [5.41, 5.74) is 1.39. The minimum Gasteiger partial charge on any atom is -0.204 e. The van der Waals surface area contributed by atoms with E-state index in [0.717, 1.165) is 11.6 Å². The first-order valence-electron chi connectivity index (χ1n) is 5.86. The van der Waals surface area contributed by atoms with Crippen molar-refractivity contribution < 1.29 is 8.78 Å². The summed E-state index contributed by atoms with van der Waals surface area (Å²) in [6, 6.07) is 11.7. The van der Waals surface area contributed by atoms with Crippen LogP contribution in [0.2, 0.25) is 5.02 Å². The van der Waals surface area contributed by atoms with Gasteiger partial charge in [0, 0.05) is 10.4 Å². The van der Waals surface area contributed by atoms with Gasteiger partial charge < -0.3 is 0 Å². The van der Waals surface area contributed by atoms with Gasteiger partial charge in [-0.05, 0) is 41.7 Å². The Balaban J connectivity index is 2.26. The van der Waals surface area contributed by atoms with Gasteiger partial charge in [0.2, 0.25) is 0 Å². The molecule has 19 heavy (non-hydrogen) atoms. The van der Waals surface area contributed by atoms with Crippen molar-refractivity contribution in [3.63, 3.8) is 0 Å². The molecule has 0 aliphatic rings. The summed E-state index contributed by atoms with van der Waals surface area (Å²) >= 11 is 9.37. The van der Waals surface area contributed by atoms with Crippen LogP contribution in [0.25, 0.3) is 0 Å². The van der Waals surface area contributed by atoms with Crippen molar-refractivity contribution in [2.45, 2.75) is 12.3 Å². The van der Waals surface area contributed by atoms with Gasteiger partial charge in [0.1, 0.15) is 0 Å². The zero-order valence-electron chi connectivity index (χ0n) is 10.0. The van der Waals surface area contributed by atoms with E-state index >= 15 is 0 Å². The lowest BCUT2D eigenvalue weighted by Crippen LogP contribution is -2.06. The average molecular weight is 346 g/mol. The predicted octanol–water partition coefficient (Wildman–Crippen LogP) is 5.34. The lowest BCUT2D eigenvalue weighted by atomic mass is 9.93. The Bertz CT molecular complexity index is 572. The Morgan fingerprint density at radius 2 is 1.84 bits per heavy atom. The molecule has 0 fully saturated rings. The van der Waals surface area contributed by atoms with E-state index < -0.39 is 11.6 Å². The summed E-state index contributed by atoms with van der Waals surface area (Å²) in [5, 5.41) is 1.30. The SMILES string of the molecule is Fc1cccc(CC(CBr)c2cccc(Cl)c2)c1F. The molecule has 0 saturated heterocycles. The fourth-order valence-electron chi connectivity index (χ4n) is 1.99. The lowest BCUT2D eigenvalue weighted by molar-refractivity contribution is 0.495. The van der Waals surface area contributed by atoms with Crippen molar-refractivity contribution >= 4 is 27.5 Å². The Hall–Kier alpha value is -0.930. The van der Waals surface area contributed by atoms with Crippen LogP contribution >= 0.6 is 27.5 Å². The van der Waals surface area contributed by atoms with Crippen molar-refractivity contribution in [3.8, 4) is 0 Å². The normalized spacial score (nSPS) is 12.4. The van der Waals surface area contributed by atoms with Crippen molar-refractivity contribution in [1.82, 2.24) is 0 Å². The molecule has 1 atom stereocenters. The van der Waals surface area contributed by atoms with Crippen LogP contribution in [-0.4, -0.2) is 5.33 Å². The largest absolute Gasteiger partial charge is 0.204 e. The monoisotopic (exact) mass is 344 g/mol. The zero-order chi connectivity index (χ0) is 13.8. The maximum absolute atomic E-state index is 13.7. The highest BCUT2D eigenvalue weighted by Crippen LogP contribution is 2.26. The molecular weight excluding hydrogens is 334 g/mol. The second kappa shape index (κ2) is 6.49. The van der Waals surface area contributed by atoms with Crippen LogP contribution in [-0.2, 0) is 6.42 Å². The Labute approximate surface area is 124 Å². The maximum atomic E-state index is 13.7. The van der Waals surface area contributed by atoms with Gasteiger partial charge in [0.05, 0.1) is 0 Å². The van der Waals surface area contributed by atoms with Crippen LogP contribution in [0, 0.1) is 11.6 Å². The third kappa shape index (κ3) is 3.54. The molecule has 0 saturated carbocycles. The Morgan fingerprint density at radius 1 is 1.11 bits per heavy atom. The molecule has 2 aromatic rings. The summed E-state index contributed by atoms with van der Waals surface area (Å²) in [4.78, 5) is 0. The van der Waals surface area contributed by atoms with E-state index in [2.05, 4.69) is 15.9 Å². The van der Waals surface area contributed by atoms with Crippen molar-refractivity contribution in [3.05, 3.63) is 70.2 Å². The van der Waals surface area contributed by atoms with Crippen LogP contribution in [0.3, 0.4) is 0 Å². The first-order chi connectivity index (χ1) is 9.11. The molecule has 0 aliphatic heterocycles. The predicted molar refractivity (Wildman–Crippen MR) is 78.0 cm³/mol. The van der Waals surface area contributed by atoms with Crippen LogP contribution in [0.4, 0.5) is 8.78 Å². The van der Waals surface area contributed by atoms with Crippen LogP contribution in [0.5, 0.6) is 0 Å². The number of hydrogen-bond donors (Lipinski definition) is 0. The highest BCUT2D eigenvalue weighted by Gasteiger charge is 2.15. The molecule has 2 rings (SSSR count). The standard InChI is InChI=1S/C15H12BrClF2/c16-9-12(10-3-1-5-13(17)8-10)7-11-4-2-6-14(18)15(11)19/h1-6,8,12H,7,9H2. The van der Waals surface area contributed by atoms with E-state index in [1.165, 1.54) is 6.07 Å². The fourth-order valence-corrected chi connectivity index (χ4v) is 2.80. The quantitative estimate of drug-likeness (QED) is 0.656. The summed E-state index contributed by atoms with van der Waals surface area (Å²) in [6.07, 6.45) is 0.426. The molecule has 100 valence electrons. The van der Waals surface area contributed by atoms with Gasteiger partial charge in [0.15, 0.2) is 11.6 Å². The van der Waals surface area contributed by atoms with Crippen LogP contribution in [0.15, 0.2) is 42.5 Å². The first-order valence-corrected chi connectivity index (χ1v) is 7.36. The van der Waals surface area contributed by atoms with E-state index in [1.54, 1.807) is 12.1 Å². The molecule has 4 heteroatoms. The van der Waals surface area contributed by atoms with E-state index in [1.807, 2.05) is 18.2 Å². The molecular formula is C15H12BrClF2. The molecule has 0 spiro atoms. The van der Waals surface area contributed by atoms with Crippen LogP contribution in [0.1, 0.15) is 17.0 Å². The van der Waals surface area contributed by atoms with Gasteiger partial charge in [-0.25, -0.2) is 8.78 Å². The molecule has 0 aliphatic carbocycles. The maximum Gasteiger partial charge on any atom is 0.162 e. The number of halogens is 4. The van der Waals surface area contributed by atoms with Gasteiger partial charge in [-0.15, -0.1) is 0 Å². The number of benzene rings is 2. The summed E-state index contributed by atoms with van der Waals surface area (Å²) < 4.78 is 26.9. The minimum atomic E-state index is -0.808. The molecule has 0 amide bonds. The smallest absolute Gasteiger partial charge is 0.162 e. The molecule has 0 aromatic heterocycles. The Morgan fingerprint density at radius 3 is 2.53 bits per heavy atom. The van der Waals surface area contributed by atoms with Gasteiger partial charge >= 0.3 is 0 Å². The summed E-state index contributed by atoms with van der Waals surface area (Å²) in [5.74, 6) is -1.53. The number of alkyl halides is 1. The highest BCUT2D eigenvalue weighted by atomic mass is 79.9. The average Bonchev–Trinajstić information content (AvgIpc) is 2.40. The topological polar surface area (TPSA) is 0 Å². The molecule has 0 nitrogen and oxygen atoms in total. The fraction of sp³-hybridized carbons (Fsp3) is 0.200. The molecule has 2 aromatic carbocycles. The van der Waals surface area contributed by atoms with Gasteiger partial charge in [-0.1, -0.05) is 51.8 Å². The highest BCUT2D eigenvalue weighted by molar-refractivity contribution is 9.09. The van der Waals surface area contributed by atoms with E-state index in [-0.39, 0.29) is 5.92 Å². The first kappa shape index (κ1) is 14.5. The summed E-state index contributed by atoms with van der Waals surface area (Å²) in [7, 11) is 0. The molecule has 0 N–H and O–H groups in total. The van der Waals surface area contributed by atoms with Gasteiger partial charge in [-0.3, -0.25) is 0 Å². The van der Waals surface area contributed by atoms with E-state index in [4.69, 9.17) is 11.6 Å². The van der Waals surface area contributed by atoms with Crippen molar-refractivity contribution in [2.75, 3.05) is 5.33 Å². The lowest BCUT2D eigenvalue weighted by Gasteiger charge is -2.15. The number of rotatable bonds is 4. The molecule has 0 bridgehead atoms. The molecule has 0 heterocycles. The second-order valence-corrected chi connectivity index (χ2v) is 5.41.